The van der Waals surface area contributed by atoms with Crippen molar-refractivity contribution in [2.75, 3.05) is 26.3 Å². The highest BCUT2D eigenvalue weighted by atomic mass is 16.5. The Kier molecular flexibility index (Phi) is 5.08. The number of carbonyl (C=O) groups excluding carboxylic acids is 1. The van der Waals surface area contributed by atoms with Crippen molar-refractivity contribution < 1.29 is 9.53 Å². The monoisotopic (exact) mass is 346 g/mol. The molecule has 0 bridgehead atoms. The normalized spacial score (nSPS) is 25.1. The number of ether oxygens (including phenoxy) is 1. The lowest BCUT2D eigenvalue weighted by atomic mass is 10.0. The minimum Gasteiger partial charge on any atom is -0.381 e. The molecule has 6 heteroatoms. The molecule has 0 spiro atoms. The number of nitrogens with one attached hydrogen (secondary N) is 1. The van der Waals surface area contributed by atoms with Crippen molar-refractivity contribution in [2.45, 2.75) is 63.5 Å². The number of amides is 1. The minimum absolute atomic E-state index is 0.151. The third-order valence-electron chi connectivity index (χ3n) is 6.00. The lowest BCUT2D eigenvalue weighted by Gasteiger charge is -2.27. The van der Waals surface area contributed by atoms with Crippen molar-refractivity contribution in [3.8, 4) is 0 Å². The molecule has 25 heavy (non-hydrogen) atoms. The predicted octanol–water partition coefficient (Wildman–Crippen LogP) is 1.73. The van der Waals surface area contributed by atoms with Crippen LogP contribution >= 0.6 is 0 Å². The van der Waals surface area contributed by atoms with E-state index in [-0.39, 0.29) is 18.0 Å². The van der Waals surface area contributed by atoms with Gasteiger partial charge in [0.25, 0.3) is 0 Å². The first-order chi connectivity index (χ1) is 12.2. The van der Waals surface area contributed by atoms with Crippen LogP contribution in [-0.4, -0.2) is 52.7 Å². The molecule has 1 aromatic rings. The van der Waals surface area contributed by atoms with Crippen molar-refractivity contribution in [3.05, 3.63) is 17.2 Å². The highest BCUT2D eigenvalue weighted by molar-refractivity contribution is 5.78. The molecule has 4 rings (SSSR count). The SMILES string of the molecule is Cn1c(C2CCCN2CC(=O)NC2CCOCC2)nc2c1CCCC2. The Morgan fingerprint density at radius 1 is 1.20 bits per heavy atom. The van der Waals surface area contributed by atoms with E-state index in [1.54, 1.807) is 0 Å². The molecule has 1 amide bonds. The number of carbonyl (C=O) groups is 1. The summed E-state index contributed by atoms with van der Waals surface area (Å²) >= 11 is 0. The first kappa shape index (κ1) is 17.0. The Hall–Kier alpha value is -1.40. The summed E-state index contributed by atoms with van der Waals surface area (Å²) in [7, 11) is 2.16. The fraction of sp³-hybridized carbons (Fsp3) is 0.789. The molecule has 2 saturated heterocycles. The summed E-state index contributed by atoms with van der Waals surface area (Å²) in [5.41, 5.74) is 2.71. The quantitative estimate of drug-likeness (QED) is 0.902. The Balaban J connectivity index is 1.42. The maximum absolute atomic E-state index is 12.5. The van der Waals surface area contributed by atoms with Gasteiger partial charge in [-0.3, -0.25) is 9.69 Å². The molecular weight excluding hydrogens is 316 g/mol. The number of aryl methyl sites for hydroxylation is 1. The number of likely N-dealkylation sites (tertiary alicyclic amines) is 1. The second kappa shape index (κ2) is 7.46. The van der Waals surface area contributed by atoms with Crippen molar-refractivity contribution >= 4 is 5.91 Å². The smallest absolute Gasteiger partial charge is 0.234 e. The third-order valence-corrected chi connectivity index (χ3v) is 6.00. The Morgan fingerprint density at radius 2 is 2.00 bits per heavy atom. The van der Waals surface area contributed by atoms with E-state index in [1.165, 1.54) is 30.1 Å². The number of aromatic nitrogens is 2. The van der Waals surface area contributed by atoms with Crippen LogP contribution in [-0.2, 0) is 29.4 Å². The van der Waals surface area contributed by atoms with Crippen LogP contribution in [0.1, 0.15) is 61.8 Å². The van der Waals surface area contributed by atoms with Crippen LogP contribution < -0.4 is 5.32 Å². The van der Waals surface area contributed by atoms with Crippen LogP contribution in [0.3, 0.4) is 0 Å². The molecule has 6 nitrogen and oxygen atoms in total. The van der Waals surface area contributed by atoms with Gasteiger partial charge in [-0.1, -0.05) is 0 Å². The zero-order chi connectivity index (χ0) is 17.2. The second-order valence-electron chi connectivity index (χ2n) is 7.71. The van der Waals surface area contributed by atoms with E-state index in [0.717, 1.165) is 58.3 Å². The topological polar surface area (TPSA) is 59.4 Å². The molecule has 2 fully saturated rings. The van der Waals surface area contributed by atoms with E-state index in [4.69, 9.17) is 9.72 Å². The van der Waals surface area contributed by atoms with Gasteiger partial charge in [0.15, 0.2) is 0 Å². The van der Waals surface area contributed by atoms with Crippen LogP contribution in [0.15, 0.2) is 0 Å². The summed E-state index contributed by atoms with van der Waals surface area (Å²) in [6, 6.07) is 0.568. The van der Waals surface area contributed by atoms with E-state index in [0.29, 0.717) is 6.54 Å². The highest BCUT2D eigenvalue weighted by Crippen LogP contribution is 2.33. The zero-order valence-corrected chi connectivity index (χ0v) is 15.3. The average Bonchev–Trinajstić information content (AvgIpc) is 3.20. The van der Waals surface area contributed by atoms with Crippen LogP contribution in [0.5, 0.6) is 0 Å². The molecule has 2 aliphatic heterocycles. The molecule has 3 heterocycles. The maximum Gasteiger partial charge on any atom is 0.234 e. The fourth-order valence-corrected chi connectivity index (χ4v) is 4.61. The summed E-state index contributed by atoms with van der Waals surface area (Å²) in [6.45, 7) is 3.00. The largest absolute Gasteiger partial charge is 0.381 e. The van der Waals surface area contributed by atoms with E-state index >= 15 is 0 Å². The minimum atomic E-state index is 0.151. The number of fused-ring (bicyclic) bond motifs is 1. The molecule has 1 aromatic heterocycles. The zero-order valence-electron chi connectivity index (χ0n) is 15.3. The maximum atomic E-state index is 12.5. The van der Waals surface area contributed by atoms with E-state index in [9.17, 15) is 4.79 Å². The van der Waals surface area contributed by atoms with Gasteiger partial charge in [0.2, 0.25) is 5.91 Å². The molecule has 1 atom stereocenters. The molecule has 138 valence electrons. The highest BCUT2D eigenvalue weighted by Gasteiger charge is 2.32. The van der Waals surface area contributed by atoms with Crippen LogP contribution in [0.2, 0.25) is 0 Å². The number of imidazole rings is 1. The van der Waals surface area contributed by atoms with E-state index in [2.05, 4.69) is 21.8 Å². The van der Waals surface area contributed by atoms with Crippen molar-refractivity contribution in [1.29, 1.82) is 0 Å². The molecule has 0 radical (unpaired) electrons. The summed E-state index contributed by atoms with van der Waals surface area (Å²) in [5, 5.41) is 3.19. The Morgan fingerprint density at radius 3 is 2.80 bits per heavy atom. The Labute approximate surface area is 149 Å². The summed E-state index contributed by atoms with van der Waals surface area (Å²) in [5.74, 6) is 1.32. The standard InChI is InChI=1S/C19H30N4O2/c1-22-16-6-3-2-5-15(16)21-19(22)17-7-4-10-23(17)13-18(24)20-14-8-11-25-12-9-14/h14,17H,2-13H2,1H3,(H,20,24). The lowest BCUT2D eigenvalue weighted by Crippen LogP contribution is -2.44. The number of hydrogen-bond donors (Lipinski definition) is 1. The summed E-state index contributed by atoms with van der Waals surface area (Å²) in [6.07, 6.45) is 8.90. The molecule has 0 aromatic carbocycles. The molecular formula is C19H30N4O2. The average molecular weight is 346 g/mol. The first-order valence-corrected chi connectivity index (χ1v) is 9.88. The van der Waals surface area contributed by atoms with Gasteiger partial charge in [0.1, 0.15) is 5.82 Å². The summed E-state index contributed by atoms with van der Waals surface area (Å²) < 4.78 is 7.68. The van der Waals surface area contributed by atoms with Gasteiger partial charge in [0, 0.05) is 32.0 Å². The van der Waals surface area contributed by atoms with Crippen LogP contribution in [0.25, 0.3) is 0 Å². The van der Waals surface area contributed by atoms with E-state index in [1.807, 2.05) is 0 Å². The lowest BCUT2D eigenvalue weighted by molar-refractivity contribution is -0.123. The molecule has 1 unspecified atom stereocenters. The molecule has 1 N–H and O–H groups in total. The van der Waals surface area contributed by atoms with E-state index < -0.39 is 0 Å². The number of nitrogens with zero attached hydrogens (tertiary/aromatic N) is 3. The van der Waals surface area contributed by atoms with Gasteiger partial charge in [-0.15, -0.1) is 0 Å². The Bertz CT molecular complexity index is 621. The van der Waals surface area contributed by atoms with Crippen molar-refractivity contribution in [2.24, 2.45) is 7.05 Å². The van der Waals surface area contributed by atoms with Gasteiger partial charge >= 0.3 is 0 Å². The molecule has 3 aliphatic rings. The van der Waals surface area contributed by atoms with Gasteiger partial charge in [-0.05, 0) is 57.9 Å². The van der Waals surface area contributed by atoms with Gasteiger partial charge in [0.05, 0.1) is 18.3 Å². The van der Waals surface area contributed by atoms with Crippen molar-refractivity contribution in [3.63, 3.8) is 0 Å². The van der Waals surface area contributed by atoms with Gasteiger partial charge < -0.3 is 14.6 Å². The first-order valence-electron chi connectivity index (χ1n) is 9.88. The molecule has 0 saturated carbocycles. The van der Waals surface area contributed by atoms with Crippen LogP contribution in [0, 0.1) is 0 Å². The molecule has 1 aliphatic carbocycles. The predicted molar refractivity (Wildman–Crippen MR) is 95.4 cm³/mol. The van der Waals surface area contributed by atoms with Crippen LogP contribution in [0.4, 0.5) is 0 Å². The fourth-order valence-electron chi connectivity index (χ4n) is 4.61. The van der Waals surface area contributed by atoms with Crippen molar-refractivity contribution in [1.82, 2.24) is 19.8 Å². The number of hydrogen-bond acceptors (Lipinski definition) is 4. The van der Waals surface area contributed by atoms with Gasteiger partial charge in [-0.25, -0.2) is 4.98 Å². The summed E-state index contributed by atoms with van der Waals surface area (Å²) in [4.78, 5) is 19.8. The second-order valence-corrected chi connectivity index (χ2v) is 7.71. The van der Waals surface area contributed by atoms with Gasteiger partial charge in [-0.2, -0.15) is 0 Å². The number of rotatable bonds is 4. The third kappa shape index (κ3) is 3.60.